The van der Waals surface area contributed by atoms with Crippen molar-refractivity contribution in [1.29, 1.82) is 0 Å². The lowest BCUT2D eigenvalue weighted by molar-refractivity contribution is 0.0309. The van der Waals surface area contributed by atoms with E-state index in [4.69, 9.17) is 10.5 Å². The van der Waals surface area contributed by atoms with Gasteiger partial charge in [-0.2, -0.15) is 0 Å². The van der Waals surface area contributed by atoms with Gasteiger partial charge in [-0.1, -0.05) is 24.6 Å². The summed E-state index contributed by atoms with van der Waals surface area (Å²) in [5.74, 6) is 0.878. The van der Waals surface area contributed by atoms with Crippen molar-refractivity contribution in [3.8, 4) is 5.75 Å². The van der Waals surface area contributed by atoms with E-state index in [-0.39, 0.29) is 0 Å². The second-order valence-corrected chi connectivity index (χ2v) is 4.55. The summed E-state index contributed by atoms with van der Waals surface area (Å²) in [6, 6.07) is 7.98. The highest BCUT2D eigenvalue weighted by atomic mass is 16.5. The molecule has 96 valence electrons. The van der Waals surface area contributed by atoms with E-state index in [0.717, 1.165) is 12.2 Å². The largest absolute Gasteiger partial charge is 0.494 e. The van der Waals surface area contributed by atoms with Gasteiger partial charge in [-0.15, -0.1) is 0 Å². The lowest BCUT2D eigenvalue weighted by Crippen LogP contribution is -2.37. The molecule has 0 fully saturated rings. The molecule has 0 amide bonds. The van der Waals surface area contributed by atoms with E-state index >= 15 is 0 Å². The number of hydrogen-bond acceptors (Lipinski definition) is 3. The summed E-state index contributed by atoms with van der Waals surface area (Å²) < 4.78 is 5.59. The number of nitrogens with two attached hydrogens (primary N) is 1. The van der Waals surface area contributed by atoms with Crippen molar-refractivity contribution < 1.29 is 9.84 Å². The lowest BCUT2D eigenvalue weighted by Gasteiger charge is -2.24. The Morgan fingerprint density at radius 2 is 1.94 bits per heavy atom. The topological polar surface area (TPSA) is 55.5 Å². The molecule has 0 saturated heterocycles. The van der Waals surface area contributed by atoms with Gasteiger partial charge in [0.25, 0.3) is 0 Å². The van der Waals surface area contributed by atoms with Crippen LogP contribution in [0.2, 0.25) is 0 Å². The third-order valence-corrected chi connectivity index (χ3v) is 3.11. The van der Waals surface area contributed by atoms with Crippen LogP contribution in [0.4, 0.5) is 0 Å². The Bertz CT molecular complexity index is 317. The normalized spacial score (nSPS) is 14.4. The fraction of sp³-hybridized carbons (Fsp3) is 0.571. The molecule has 0 aliphatic rings. The molecule has 0 aliphatic carbocycles. The molecule has 1 rings (SSSR count). The Kier molecular flexibility index (Phi) is 5.45. The minimum absolute atomic E-state index is 0.314. The molecule has 1 unspecified atom stereocenters. The van der Waals surface area contributed by atoms with Crippen LogP contribution in [-0.4, -0.2) is 23.9 Å². The standard InChI is InChI=1S/C14H23NO2/c1-3-14(16,11-15)9-4-10-17-13-7-5-12(2)6-8-13/h5-8,16H,3-4,9-11,15H2,1-2H3. The average molecular weight is 237 g/mol. The van der Waals surface area contributed by atoms with Crippen molar-refractivity contribution in [3.63, 3.8) is 0 Å². The summed E-state index contributed by atoms with van der Waals surface area (Å²) in [5, 5.41) is 9.98. The molecular formula is C14H23NO2. The second-order valence-electron chi connectivity index (χ2n) is 4.55. The first-order chi connectivity index (χ1) is 8.09. The molecule has 1 aromatic rings. The van der Waals surface area contributed by atoms with Crippen LogP contribution < -0.4 is 10.5 Å². The van der Waals surface area contributed by atoms with Crippen molar-refractivity contribution in [2.45, 2.75) is 38.7 Å². The van der Waals surface area contributed by atoms with Gasteiger partial charge >= 0.3 is 0 Å². The number of aryl methyl sites for hydroxylation is 1. The summed E-state index contributed by atoms with van der Waals surface area (Å²) in [7, 11) is 0. The predicted molar refractivity (Wildman–Crippen MR) is 70.2 cm³/mol. The molecule has 0 aromatic heterocycles. The van der Waals surface area contributed by atoms with Crippen molar-refractivity contribution in [2.24, 2.45) is 5.73 Å². The summed E-state index contributed by atoms with van der Waals surface area (Å²) in [6.07, 6.45) is 2.19. The molecule has 3 nitrogen and oxygen atoms in total. The first-order valence-electron chi connectivity index (χ1n) is 6.21. The minimum Gasteiger partial charge on any atom is -0.494 e. The molecule has 0 saturated carbocycles. The predicted octanol–water partition coefficient (Wildman–Crippen LogP) is 2.25. The second kappa shape index (κ2) is 6.62. The smallest absolute Gasteiger partial charge is 0.119 e. The molecular weight excluding hydrogens is 214 g/mol. The zero-order valence-electron chi connectivity index (χ0n) is 10.8. The minimum atomic E-state index is -0.726. The first-order valence-corrected chi connectivity index (χ1v) is 6.21. The van der Waals surface area contributed by atoms with Gasteiger partial charge in [-0.3, -0.25) is 0 Å². The Morgan fingerprint density at radius 1 is 1.29 bits per heavy atom. The Labute approximate surface area is 104 Å². The van der Waals surface area contributed by atoms with E-state index in [1.807, 2.05) is 38.1 Å². The van der Waals surface area contributed by atoms with Gasteiger partial charge in [0, 0.05) is 6.54 Å². The number of hydrogen-bond donors (Lipinski definition) is 2. The maximum Gasteiger partial charge on any atom is 0.119 e. The average Bonchev–Trinajstić information content (AvgIpc) is 2.36. The fourth-order valence-corrected chi connectivity index (χ4v) is 1.65. The molecule has 0 aliphatic heterocycles. The summed E-state index contributed by atoms with van der Waals surface area (Å²) in [4.78, 5) is 0. The van der Waals surface area contributed by atoms with Gasteiger partial charge in [0.1, 0.15) is 5.75 Å². The Balaban J connectivity index is 2.26. The highest BCUT2D eigenvalue weighted by Gasteiger charge is 2.21. The van der Waals surface area contributed by atoms with Gasteiger partial charge in [0.15, 0.2) is 0 Å². The van der Waals surface area contributed by atoms with Crippen LogP contribution in [0.25, 0.3) is 0 Å². The van der Waals surface area contributed by atoms with Gasteiger partial charge < -0.3 is 15.6 Å². The monoisotopic (exact) mass is 237 g/mol. The third-order valence-electron chi connectivity index (χ3n) is 3.11. The Morgan fingerprint density at radius 3 is 2.47 bits per heavy atom. The van der Waals surface area contributed by atoms with Gasteiger partial charge in [0.2, 0.25) is 0 Å². The number of aliphatic hydroxyl groups is 1. The van der Waals surface area contributed by atoms with Crippen molar-refractivity contribution in [3.05, 3.63) is 29.8 Å². The van der Waals surface area contributed by atoms with E-state index in [9.17, 15) is 5.11 Å². The molecule has 1 aromatic carbocycles. The van der Waals surface area contributed by atoms with E-state index in [2.05, 4.69) is 0 Å². The summed E-state index contributed by atoms with van der Waals surface area (Å²) in [5.41, 5.74) is 6.03. The maximum absolute atomic E-state index is 9.98. The quantitative estimate of drug-likeness (QED) is 0.715. The van der Waals surface area contributed by atoms with Crippen LogP contribution in [0.5, 0.6) is 5.75 Å². The van der Waals surface area contributed by atoms with Gasteiger partial charge in [-0.25, -0.2) is 0 Å². The molecule has 0 spiro atoms. The fourth-order valence-electron chi connectivity index (χ4n) is 1.65. The van der Waals surface area contributed by atoms with E-state index < -0.39 is 5.60 Å². The van der Waals surface area contributed by atoms with Crippen LogP contribution in [0.15, 0.2) is 24.3 Å². The zero-order valence-corrected chi connectivity index (χ0v) is 10.8. The number of benzene rings is 1. The first kappa shape index (κ1) is 14.0. The molecule has 3 N–H and O–H groups in total. The molecule has 1 atom stereocenters. The van der Waals surface area contributed by atoms with E-state index in [1.54, 1.807) is 0 Å². The SMILES string of the molecule is CCC(O)(CN)CCCOc1ccc(C)cc1. The lowest BCUT2D eigenvalue weighted by atomic mass is 9.95. The van der Waals surface area contributed by atoms with Crippen LogP contribution in [0, 0.1) is 6.92 Å². The molecule has 0 radical (unpaired) electrons. The summed E-state index contributed by atoms with van der Waals surface area (Å²) in [6.45, 7) is 4.93. The van der Waals surface area contributed by atoms with E-state index in [1.165, 1.54) is 5.56 Å². The Hall–Kier alpha value is -1.06. The van der Waals surface area contributed by atoms with Crippen molar-refractivity contribution >= 4 is 0 Å². The van der Waals surface area contributed by atoms with Crippen LogP contribution >= 0.6 is 0 Å². The zero-order chi connectivity index (χ0) is 12.7. The highest BCUT2D eigenvalue weighted by molar-refractivity contribution is 5.26. The highest BCUT2D eigenvalue weighted by Crippen LogP contribution is 2.17. The van der Waals surface area contributed by atoms with Crippen molar-refractivity contribution in [1.82, 2.24) is 0 Å². The molecule has 3 heteroatoms. The maximum atomic E-state index is 9.98. The van der Waals surface area contributed by atoms with Gasteiger partial charge in [-0.05, 0) is 38.3 Å². The van der Waals surface area contributed by atoms with Crippen LogP contribution in [0.1, 0.15) is 31.7 Å². The molecule has 0 heterocycles. The van der Waals surface area contributed by atoms with E-state index in [0.29, 0.717) is 26.0 Å². The van der Waals surface area contributed by atoms with Gasteiger partial charge in [0.05, 0.1) is 12.2 Å². The number of rotatable bonds is 7. The van der Waals surface area contributed by atoms with Crippen LogP contribution in [-0.2, 0) is 0 Å². The molecule has 17 heavy (non-hydrogen) atoms. The van der Waals surface area contributed by atoms with Crippen molar-refractivity contribution in [2.75, 3.05) is 13.2 Å². The number of ether oxygens (including phenoxy) is 1. The third kappa shape index (κ3) is 4.75. The van der Waals surface area contributed by atoms with Crippen LogP contribution in [0.3, 0.4) is 0 Å². The molecule has 0 bridgehead atoms. The summed E-state index contributed by atoms with van der Waals surface area (Å²) >= 11 is 0.